The van der Waals surface area contributed by atoms with Crippen LogP contribution in [0.15, 0.2) is 18.6 Å². The van der Waals surface area contributed by atoms with Gasteiger partial charge in [0, 0.05) is 12.6 Å². The molecular formula is C11H14N4O3. The lowest BCUT2D eigenvalue weighted by Crippen LogP contribution is -2.24. The number of rotatable bonds is 2. The fourth-order valence-corrected chi connectivity index (χ4v) is 2.27. The fourth-order valence-electron chi connectivity index (χ4n) is 2.27. The van der Waals surface area contributed by atoms with Gasteiger partial charge in [-0.1, -0.05) is 0 Å². The Bertz CT molecular complexity index is 570. The Labute approximate surface area is 103 Å². The molecule has 18 heavy (non-hydrogen) atoms. The third-order valence-corrected chi connectivity index (χ3v) is 3.23. The summed E-state index contributed by atoms with van der Waals surface area (Å²) in [5.41, 5.74) is 6.42. The normalized spacial score (nSPS) is 28.0. The number of aromatic nitrogens is 3. The molecule has 0 aliphatic carbocycles. The summed E-state index contributed by atoms with van der Waals surface area (Å²) in [7, 11) is 0. The van der Waals surface area contributed by atoms with Gasteiger partial charge in [-0.05, 0) is 6.07 Å². The van der Waals surface area contributed by atoms with E-state index in [0.717, 1.165) is 5.39 Å². The molecule has 2 aromatic heterocycles. The Kier molecular flexibility index (Phi) is 2.66. The van der Waals surface area contributed by atoms with E-state index in [9.17, 15) is 5.11 Å². The lowest BCUT2D eigenvalue weighted by atomic mass is 10.2. The summed E-state index contributed by atoms with van der Waals surface area (Å²) in [6.07, 6.45) is 2.04. The number of hydrogen-bond acceptors (Lipinski definition) is 6. The van der Waals surface area contributed by atoms with Crippen LogP contribution in [0.25, 0.3) is 11.0 Å². The lowest BCUT2D eigenvalue weighted by molar-refractivity contribution is -0.0430. The highest BCUT2D eigenvalue weighted by molar-refractivity contribution is 5.86. The molecule has 0 unspecified atom stereocenters. The first-order valence-electron chi connectivity index (χ1n) is 5.72. The van der Waals surface area contributed by atoms with Crippen molar-refractivity contribution in [2.24, 2.45) is 0 Å². The molecule has 3 atom stereocenters. The number of aliphatic hydroxyl groups excluding tert-OH is 2. The number of ether oxygens (including phenoxy) is 1. The smallest absolute Gasteiger partial charge is 0.147 e. The van der Waals surface area contributed by atoms with E-state index >= 15 is 0 Å². The van der Waals surface area contributed by atoms with Crippen molar-refractivity contribution < 1.29 is 14.9 Å². The fraction of sp³-hybridized carbons (Fsp3) is 0.455. The second kappa shape index (κ2) is 4.20. The first kappa shape index (κ1) is 11.4. The summed E-state index contributed by atoms with van der Waals surface area (Å²) in [5.74, 6) is 0.413. The van der Waals surface area contributed by atoms with E-state index < -0.39 is 12.2 Å². The second-order valence-corrected chi connectivity index (χ2v) is 4.33. The standard InChI is InChI=1S/C11H14N4O3/c12-10-6-1-2-15(11(6)14-5-13-10)9-3-7(17)8(4-16)18-9/h1-2,5,7-9,16-17H,3-4H2,(H2,12,13,14)/t7-,8-,9+/m1/s1. The third kappa shape index (κ3) is 1.64. The highest BCUT2D eigenvalue weighted by Gasteiger charge is 2.34. The van der Waals surface area contributed by atoms with E-state index in [1.165, 1.54) is 6.33 Å². The highest BCUT2D eigenvalue weighted by atomic mass is 16.5. The zero-order chi connectivity index (χ0) is 12.7. The van der Waals surface area contributed by atoms with Gasteiger partial charge in [-0.2, -0.15) is 0 Å². The van der Waals surface area contributed by atoms with Gasteiger partial charge in [-0.25, -0.2) is 9.97 Å². The minimum atomic E-state index is -0.670. The summed E-state index contributed by atoms with van der Waals surface area (Å²) in [4.78, 5) is 8.09. The van der Waals surface area contributed by atoms with Crippen LogP contribution >= 0.6 is 0 Å². The van der Waals surface area contributed by atoms with Crippen LogP contribution in [0.5, 0.6) is 0 Å². The average Bonchev–Trinajstić information content (AvgIpc) is 2.93. The molecule has 3 heterocycles. The van der Waals surface area contributed by atoms with Crippen molar-refractivity contribution in [3.63, 3.8) is 0 Å². The van der Waals surface area contributed by atoms with Gasteiger partial charge >= 0.3 is 0 Å². The minimum Gasteiger partial charge on any atom is -0.394 e. The lowest BCUT2D eigenvalue weighted by Gasteiger charge is -2.14. The number of nitrogen functional groups attached to an aromatic ring is 1. The Morgan fingerprint density at radius 3 is 3.06 bits per heavy atom. The second-order valence-electron chi connectivity index (χ2n) is 4.33. The largest absolute Gasteiger partial charge is 0.394 e. The van der Waals surface area contributed by atoms with Crippen LogP contribution in [-0.4, -0.2) is 43.6 Å². The van der Waals surface area contributed by atoms with Crippen LogP contribution in [0.2, 0.25) is 0 Å². The number of nitrogens with two attached hydrogens (primary N) is 1. The summed E-state index contributed by atoms with van der Waals surface area (Å²) >= 11 is 0. The monoisotopic (exact) mass is 250 g/mol. The van der Waals surface area contributed by atoms with Crippen LogP contribution in [-0.2, 0) is 4.74 Å². The molecule has 0 saturated carbocycles. The van der Waals surface area contributed by atoms with Crippen LogP contribution in [0.1, 0.15) is 12.6 Å². The third-order valence-electron chi connectivity index (χ3n) is 3.23. The summed E-state index contributed by atoms with van der Waals surface area (Å²) in [6, 6.07) is 1.81. The Balaban J connectivity index is 1.99. The van der Waals surface area contributed by atoms with Gasteiger partial charge in [0.25, 0.3) is 0 Å². The highest BCUT2D eigenvalue weighted by Crippen LogP contribution is 2.31. The molecule has 3 rings (SSSR count). The van der Waals surface area contributed by atoms with Crippen molar-refractivity contribution in [2.75, 3.05) is 12.3 Å². The van der Waals surface area contributed by atoms with Gasteiger partial charge in [-0.3, -0.25) is 0 Å². The van der Waals surface area contributed by atoms with E-state index in [1.807, 2.05) is 6.07 Å². The summed E-state index contributed by atoms with van der Waals surface area (Å²) < 4.78 is 7.37. The van der Waals surface area contributed by atoms with Gasteiger partial charge < -0.3 is 25.3 Å². The van der Waals surface area contributed by atoms with Crippen LogP contribution in [0, 0.1) is 0 Å². The molecule has 0 amide bonds. The molecule has 0 spiro atoms. The predicted octanol–water partition coefficient (Wildman–Crippen LogP) is -0.346. The molecular weight excluding hydrogens is 236 g/mol. The van der Waals surface area contributed by atoms with Gasteiger partial charge in [-0.15, -0.1) is 0 Å². The maximum Gasteiger partial charge on any atom is 0.147 e. The van der Waals surface area contributed by atoms with Crippen LogP contribution in [0.4, 0.5) is 5.82 Å². The van der Waals surface area contributed by atoms with E-state index in [1.54, 1.807) is 10.8 Å². The molecule has 4 N–H and O–H groups in total. The van der Waals surface area contributed by atoms with E-state index in [4.69, 9.17) is 15.6 Å². The molecule has 0 bridgehead atoms. The van der Waals surface area contributed by atoms with Gasteiger partial charge in [0.1, 0.15) is 30.1 Å². The topological polar surface area (TPSA) is 106 Å². The van der Waals surface area contributed by atoms with Crippen LogP contribution < -0.4 is 5.73 Å². The number of nitrogens with zero attached hydrogens (tertiary/aromatic N) is 3. The molecule has 1 fully saturated rings. The molecule has 96 valence electrons. The quantitative estimate of drug-likeness (QED) is 0.673. The van der Waals surface area contributed by atoms with Crippen molar-refractivity contribution in [2.45, 2.75) is 24.9 Å². The molecule has 1 aliphatic rings. The van der Waals surface area contributed by atoms with E-state index in [0.29, 0.717) is 17.9 Å². The summed E-state index contributed by atoms with van der Waals surface area (Å²) in [6.45, 7) is -0.200. The van der Waals surface area contributed by atoms with Crippen molar-refractivity contribution >= 4 is 16.9 Å². The van der Waals surface area contributed by atoms with E-state index in [2.05, 4.69) is 9.97 Å². The predicted molar refractivity (Wildman–Crippen MR) is 63.6 cm³/mol. The maximum atomic E-state index is 9.73. The van der Waals surface area contributed by atoms with Crippen LogP contribution in [0.3, 0.4) is 0 Å². The summed E-state index contributed by atoms with van der Waals surface area (Å²) in [5, 5.41) is 19.6. The first-order valence-corrected chi connectivity index (χ1v) is 5.72. The molecule has 0 radical (unpaired) electrons. The first-order chi connectivity index (χ1) is 8.70. The number of hydrogen-bond donors (Lipinski definition) is 3. The van der Waals surface area contributed by atoms with Gasteiger partial charge in [0.15, 0.2) is 0 Å². The van der Waals surface area contributed by atoms with Crippen molar-refractivity contribution in [1.82, 2.24) is 14.5 Å². The van der Waals surface area contributed by atoms with Crippen molar-refractivity contribution in [1.29, 1.82) is 0 Å². The molecule has 2 aromatic rings. The zero-order valence-electron chi connectivity index (χ0n) is 9.60. The van der Waals surface area contributed by atoms with Gasteiger partial charge in [0.05, 0.1) is 18.1 Å². The van der Waals surface area contributed by atoms with Crippen molar-refractivity contribution in [3.8, 4) is 0 Å². The number of aliphatic hydroxyl groups is 2. The molecule has 1 aliphatic heterocycles. The molecule has 1 saturated heterocycles. The Hall–Kier alpha value is -1.70. The Morgan fingerprint density at radius 1 is 1.50 bits per heavy atom. The number of fused-ring (bicyclic) bond motifs is 1. The average molecular weight is 250 g/mol. The Morgan fingerprint density at radius 2 is 2.33 bits per heavy atom. The van der Waals surface area contributed by atoms with Crippen molar-refractivity contribution in [3.05, 3.63) is 18.6 Å². The maximum absolute atomic E-state index is 9.73. The number of anilines is 1. The van der Waals surface area contributed by atoms with E-state index in [-0.39, 0.29) is 12.8 Å². The SMILES string of the molecule is Nc1ncnc2c1ccn2[C@@H]1C[C@@H](O)[C@@H](CO)O1. The molecule has 7 heteroatoms. The van der Waals surface area contributed by atoms with Gasteiger partial charge in [0.2, 0.25) is 0 Å². The molecule has 7 nitrogen and oxygen atoms in total. The zero-order valence-corrected chi connectivity index (χ0v) is 9.60. The minimum absolute atomic E-state index is 0.200. The molecule has 0 aromatic carbocycles.